The SMILES string of the molecule is O=C(Nc1ccc(F)cc1F)C(NC(=S)Nc1cc(C(F)(F)F)cc(C(F)(F)F)c1)c1ccccc1. The van der Waals surface area contributed by atoms with Gasteiger partial charge in [-0.25, -0.2) is 8.78 Å². The molecule has 0 bridgehead atoms. The fourth-order valence-electron chi connectivity index (χ4n) is 3.07. The number of alkyl halides is 6. The number of rotatable bonds is 5. The Bertz CT molecular complexity index is 1230. The molecule has 3 N–H and O–H groups in total. The van der Waals surface area contributed by atoms with Gasteiger partial charge in [0.2, 0.25) is 0 Å². The Hall–Kier alpha value is -3.74. The predicted octanol–water partition coefficient (Wildman–Crippen LogP) is 6.67. The van der Waals surface area contributed by atoms with E-state index in [2.05, 4.69) is 16.0 Å². The van der Waals surface area contributed by atoms with Gasteiger partial charge in [-0.1, -0.05) is 30.3 Å². The highest BCUT2D eigenvalue weighted by molar-refractivity contribution is 7.80. The molecule has 4 nitrogen and oxygen atoms in total. The Kier molecular flexibility index (Phi) is 7.82. The van der Waals surface area contributed by atoms with E-state index in [-0.39, 0.29) is 17.3 Å². The third-order valence-electron chi connectivity index (χ3n) is 4.71. The van der Waals surface area contributed by atoms with Crippen LogP contribution in [-0.4, -0.2) is 11.0 Å². The van der Waals surface area contributed by atoms with Crippen LogP contribution in [0.1, 0.15) is 22.7 Å². The first-order valence-corrected chi connectivity index (χ1v) is 10.3. The molecule has 1 unspecified atom stereocenters. The number of thiocarbonyl (C=S) groups is 1. The fraction of sp³-hybridized carbons (Fsp3) is 0.130. The van der Waals surface area contributed by atoms with Crippen molar-refractivity contribution in [3.05, 3.63) is 95.1 Å². The molecule has 13 heteroatoms. The zero-order valence-electron chi connectivity index (χ0n) is 17.8. The van der Waals surface area contributed by atoms with Crippen LogP contribution in [0.25, 0.3) is 0 Å². The second-order valence-electron chi connectivity index (χ2n) is 7.35. The zero-order valence-corrected chi connectivity index (χ0v) is 18.6. The number of hydrogen-bond acceptors (Lipinski definition) is 2. The van der Waals surface area contributed by atoms with E-state index < -0.39 is 57.9 Å². The molecule has 0 spiro atoms. The third kappa shape index (κ3) is 6.90. The summed E-state index contributed by atoms with van der Waals surface area (Å²) in [6, 6.07) is 9.55. The van der Waals surface area contributed by atoms with Gasteiger partial charge < -0.3 is 16.0 Å². The number of nitrogens with one attached hydrogen (secondary N) is 3. The van der Waals surface area contributed by atoms with Crippen molar-refractivity contribution in [2.24, 2.45) is 0 Å². The molecule has 0 saturated carbocycles. The van der Waals surface area contributed by atoms with Gasteiger partial charge in [-0.2, -0.15) is 26.3 Å². The molecule has 3 aromatic rings. The van der Waals surface area contributed by atoms with E-state index in [4.69, 9.17) is 12.2 Å². The van der Waals surface area contributed by atoms with Crippen molar-refractivity contribution in [2.45, 2.75) is 18.4 Å². The van der Waals surface area contributed by atoms with Crippen LogP contribution in [-0.2, 0) is 17.1 Å². The number of hydrogen-bond donors (Lipinski definition) is 3. The van der Waals surface area contributed by atoms with Crippen LogP contribution in [0.5, 0.6) is 0 Å². The predicted molar refractivity (Wildman–Crippen MR) is 120 cm³/mol. The highest BCUT2D eigenvalue weighted by atomic mass is 32.1. The summed E-state index contributed by atoms with van der Waals surface area (Å²) in [4.78, 5) is 12.9. The first-order valence-electron chi connectivity index (χ1n) is 9.92. The van der Waals surface area contributed by atoms with Crippen LogP contribution in [0, 0.1) is 11.6 Å². The van der Waals surface area contributed by atoms with Gasteiger partial charge in [0.05, 0.1) is 16.8 Å². The Balaban J connectivity index is 1.87. The minimum absolute atomic E-state index is 0.0425. The van der Waals surface area contributed by atoms with Gasteiger partial charge in [-0.05, 0) is 48.1 Å². The van der Waals surface area contributed by atoms with Crippen molar-refractivity contribution in [1.29, 1.82) is 0 Å². The van der Waals surface area contributed by atoms with Gasteiger partial charge >= 0.3 is 12.4 Å². The molecule has 0 aliphatic rings. The topological polar surface area (TPSA) is 53.2 Å². The van der Waals surface area contributed by atoms with Gasteiger partial charge in [0, 0.05) is 11.8 Å². The normalized spacial score (nSPS) is 12.6. The van der Waals surface area contributed by atoms with Crippen molar-refractivity contribution in [3.63, 3.8) is 0 Å². The van der Waals surface area contributed by atoms with Crippen LogP contribution >= 0.6 is 12.2 Å². The van der Waals surface area contributed by atoms with Gasteiger partial charge in [0.1, 0.15) is 17.7 Å². The lowest BCUT2D eigenvalue weighted by molar-refractivity contribution is -0.143. The van der Waals surface area contributed by atoms with Crippen LogP contribution in [0.15, 0.2) is 66.7 Å². The minimum Gasteiger partial charge on any atom is -0.347 e. The largest absolute Gasteiger partial charge is 0.416 e. The molecule has 0 fully saturated rings. The molecule has 36 heavy (non-hydrogen) atoms. The van der Waals surface area contributed by atoms with Gasteiger partial charge in [0.15, 0.2) is 5.11 Å². The maximum atomic E-state index is 14.0. The average Bonchev–Trinajstić information content (AvgIpc) is 2.78. The molecule has 190 valence electrons. The lowest BCUT2D eigenvalue weighted by atomic mass is 10.1. The second-order valence-corrected chi connectivity index (χ2v) is 7.76. The molecule has 0 aliphatic heterocycles. The molecule has 1 amide bonds. The zero-order chi connectivity index (χ0) is 26.7. The number of benzene rings is 3. The van der Waals surface area contributed by atoms with Crippen LogP contribution in [0.4, 0.5) is 46.5 Å². The molecule has 1 atom stereocenters. The molecule has 3 aromatic carbocycles. The molecule has 0 aliphatic carbocycles. The summed E-state index contributed by atoms with van der Waals surface area (Å²) < 4.78 is 106. The van der Waals surface area contributed by atoms with Gasteiger partial charge in [-0.15, -0.1) is 0 Å². The second kappa shape index (κ2) is 10.5. The number of carbonyl (C=O) groups excluding carboxylic acids is 1. The van der Waals surface area contributed by atoms with E-state index in [0.717, 1.165) is 12.1 Å². The van der Waals surface area contributed by atoms with Crippen molar-refractivity contribution in [3.8, 4) is 0 Å². The minimum atomic E-state index is -5.07. The summed E-state index contributed by atoms with van der Waals surface area (Å²) in [5.41, 5.74) is -3.85. The number of halogens is 8. The molecule has 0 radical (unpaired) electrons. The smallest absolute Gasteiger partial charge is 0.347 e. The van der Waals surface area contributed by atoms with Crippen LogP contribution in [0.2, 0.25) is 0 Å². The molecular formula is C23H15F8N3OS. The Morgan fingerprint density at radius 1 is 0.778 bits per heavy atom. The van der Waals surface area contributed by atoms with Crippen molar-refractivity contribution in [2.75, 3.05) is 10.6 Å². The summed E-state index contributed by atoms with van der Waals surface area (Å²) in [6.07, 6.45) is -10.1. The lowest BCUT2D eigenvalue weighted by Crippen LogP contribution is -2.39. The van der Waals surface area contributed by atoms with Crippen LogP contribution in [0.3, 0.4) is 0 Å². The van der Waals surface area contributed by atoms with E-state index in [9.17, 15) is 39.9 Å². The summed E-state index contributed by atoms with van der Waals surface area (Å²) in [6.45, 7) is 0. The average molecular weight is 533 g/mol. The van der Waals surface area contributed by atoms with Crippen molar-refractivity contribution in [1.82, 2.24) is 5.32 Å². The highest BCUT2D eigenvalue weighted by Gasteiger charge is 2.37. The van der Waals surface area contributed by atoms with Gasteiger partial charge in [0.25, 0.3) is 5.91 Å². The fourth-order valence-corrected chi connectivity index (χ4v) is 3.30. The maximum absolute atomic E-state index is 14.0. The number of carbonyl (C=O) groups is 1. The van der Waals surface area contributed by atoms with Crippen LogP contribution < -0.4 is 16.0 Å². The highest BCUT2D eigenvalue weighted by Crippen LogP contribution is 2.37. The molecule has 0 saturated heterocycles. The molecule has 3 rings (SSSR count). The third-order valence-corrected chi connectivity index (χ3v) is 4.92. The van der Waals surface area contributed by atoms with E-state index in [1.165, 1.54) is 12.1 Å². The first-order chi connectivity index (χ1) is 16.7. The van der Waals surface area contributed by atoms with Crippen molar-refractivity contribution >= 4 is 34.6 Å². The quantitative estimate of drug-likeness (QED) is 0.253. The summed E-state index contributed by atoms with van der Waals surface area (Å²) in [5.74, 6) is -2.84. The Labute approximate surface area is 204 Å². The first kappa shape index (κ1) is 26.9. The molecule has 0 aromatic heterocycles. The van der Waals surface area contributed by atoms with E-state index in [1.807, 2.05) is 0 Å². The van der Waals surface area contributed by atoms with E-state index in [0.29, 0.717) is 18.2 Å². The standard InChI is InChI=1S/C23H15F8N3OS/c24-15-6-7-18(17(25)11-15)33-20(35)19(12-4-2-1-3-5-12)34-21(36)32-16-9-13(22(26,27)28)8-14(10-16)23(29,30)31/h1-11,19H,(H,33,35)(H2,32,34,36). The lowest BCUT2D eigenvalue weighted by Gasteiger charge is -2.22. The number of anilines is 2. The van der Waals surface area contributed by atoms with Gasteiger partial charge in [-0.3, -0.25) is 4.79 Å². The monoisotopic (exact) mass is 533 g/mol. The number of amides is 1. The summed E-state index contributed by atoms with van der Waals surface area (Å²) in [5, 5.41) is 6.46. The molecule has 0 heterocycles. The van der Waals surface area contributed by atoms with E-state index in [1.54, 1.807) is 18.2 Å². The van der Waals surface area contributed by atoms with Crippen molar-refractivity contribution < 1.29 is 39.9 Å². The summed E-state index contributed by atoms with van der Waals surface area (Å²) >= 11 is 5.02. The van der Waals surface area contributed by atoms with E-state index >= 15 is 0 Å². The summed E-state index contributed by atoms with van der Waals surface area (Å²) in [7, 11) is 0. The maximum Gasteiger partial charge on any atom is 0.416 e. The molecular weight excluding hydrogens is 518 g/mol. The Morgan fingerprint density at radius 2 is 1.36 bits per heavy atom. The Morgan fingerprint density at radius 3 is 1.89 bits per heavy atom.